The average Bonchev–Trinajstić information content (AvgIpc) is 2.56. The Labute approximate surface area is 109 Å². The zero-order valence-electron chi connectivity index (χ0n) is 10.2. The maximum atomic E-state index is 10.8. The van der Waals surface area contributed by atoms with Crippen molar-refractivity contribution in [2.45, 2.75) is 6.92 Å². The number of non-ortho nitro benzene ring substituents is 1. The zero-order valence-corrected chi connectivity index (χ0v) is 10.2. The van der Waals surface area contributed by atoms with Crippen LogP contribution in [0.15, 0.2) is 41.4 Å². The van der Waals surface area contributed by atoms with Crippen molar-refractivity contribution in [3.63, 3.8) is 0 Å². The molecule has 0 saturated heterocycles. The fourth-order valence-corrected chi connectivity index (χ4v) is 1.91. The maximum absolute atomic E-state index is 10.8. The van der Waals surface area contributed by atoms with E-state index >= 15 is 0 Å². The van der Waals surface area contributed by atoms with Crippen LogP contribution in [0.2, 0.25) is 0 Å². The minimum atomic E-state index is -0.434. The summed E-state index contributed by atoms with van der Waals surface area (Å²) in [5.74, 6) is 1.22. The van der Waals surface area contributed by atoms with Crippen molar-refractivity contribution < 1.29 is 9.66 Å². The van der Waals surface area contributed by atoms with Gasteiger partial charge in [0.25, 0.3) is 5.69 Å². The van der Waals surface area contributed by atoms with E-state index in [9.17, 15) is 10.1 Å². The lowest BCUT2D eigenvalue weighted by Crippen LogP contribution is -1.92. The average molecular weight is 254 g/mol. The number of nitro benzene ring substituents is 1. The standard InChI is InChI=1S/C14H10N2O3/c1-9-2-4-12-14(6-9)19-13-5-3-11(16(17)18)7-10(13)8-15-12/h2-8H,1H3. The molecular formula is C14H10N2O3. The molecule has 2 aromatic carbocycles. The van der Waals surface area contributed by atoms with Crippen LogP contribution >= 0.6 is 0 Å². The van der Waals surface area contributed by atoms with E-state index in [-0.39, 0.29) is 5.69 Å². The number of aryl methyl sites for hydroxylation is 1. The van der Waals surface area contributed by atoms with Crippen molar-refractivity contribution in [3.8, 4) is 11.5 Å². The molecule has 1 aliphatic heterocycles. The van der Waals surface area contributed by atoms with E-state index in [1.807, 2.05) is 25.1 Å². The fraction of sp³-hybridized carbons (Fsp3) is 0.0714. The SMILES string of the molecule is Cc1ccc2c(c1)Oc1ccc([N+](=O)[O-])cc1C=N2. The Morgan fingerprint density at radius 1 is 1.16 bits per heavy atom. The molecule has 0 bridgehead atoms. The van der Waals surface area contributed by atoms with Crippen LogP contribution in [0.5, 0.6) is 11.5 Å². The second kappa shape index (κ2) is 4.20. The lowest BCUT2D eigenvalue weighted by Gasteiger charge is -2.08. The molecule has 1 heterocycles. The van der Waals surface area contributed by atoms with Crippen LogP contribution in [0.3, 0.4) is 0 Å². The van der Waals surface area contributed by atoms with Crippen LogP contribution in [-0.2, 0) is 0 Å². The highest BCUT2D eigenvalue weighted by atomic mass is 16.6. The summed E-state index contributed by atoms with van der Waals surface area (Å²) in [7, 11) is 0. The molecule has 0 unspecified atom stereocenters. The third-order valence-corrected chi connectivity index (χ3v) is 2.88. The van der Waals surface area contributed by atoms with Gasteiger partial charge in [0.2, 0.25) is 0 Å². The number of aliphatic imine (C=N–C) groups is 1. The largest absolute Gasteiger partial charge is 0.454 e. The summed E-state index contributed by atoms with van der Waals surface area (Å²) in [5.41, 5.74) is 2.41. The molecule has 3 rings (SSSR count). The van der Waals surface area contributed by atoms with Gasteiger partial charge in [-0.25, -0.2) is 0 Å². The lowest BCUT2D eigenvalue weighted by atomic mass is 10.2. The Bertz CT molecular complexity index is 708. The zero-order chi connectivity index (χ0) is 13.4. The van der Waals surface area contributed by atoms with Gasteiger partial charge in [0.05, 0.1) is 4.92 Å². The Kier molecular flexibility index (Phi) is 2.52. The Morgan fingerprint density at radius 3 is 2.79 bits per heavy atom. The Morgan fingerprint density at radius 2 is 2.00 bits per heavy atom. The topological polar surface area (TPSA) is 64.7 Å². The first-order valence-corrected chi connectivity index (χ1v) is 5.74. The van der Waals surface area contributed by atoms with Crippen LogP contribution in [-0.4, -0.2) is 11.1 Å². The van der Waals surface area contributed by atoms with E-state index in [1.165, 1.54) is 12.1 Å². The lowest BCUT2D eigenvalue weighted by molar-refractivity contribution is -0.384. The summed E-state index contributed by atoms with van der Waals surface area (Å²) in [6.07, 6.45) is 1.59. The summed E-state index contributed by atoms with van der Waals surface area (Å²) in [6.45, 7) is 1.97. The van der Waals surface area contributed by atoms with Crippen molar-refractivity contribution in [2.24, 2.45) is 4.99 Å². The molecule has 5 nitrogen and oxygen atoms in total. The fourth-order valence-electron chi connectivity index (χ4n) is 1.91. The van der Waals surface area contributed by atoms with Gasteiger partial charge in [0, 0.05) is 23.9 Å². The van der Waals surface area contributed by atoms with Gasteiger partial charge in [0.1, 0.15) is 11.4 Å². The van der Waals surface area contributed by atoms with Gasteiger partial charge in [0.15, 0.2) is 5.75 Å². The number of nitrogens with zero attached hydrogens (tertiary/aromatic N) is 2. The molecule has 0 fully saturated rings. The number of rotatable bonds is 1. The smallest absolute Gasteiger partial charge is 0.270 e. The van der Waals surface area contributed by atoms with Gasteiger partial charge < -0.3 is 4.74 Å². The third kappa shape index (κ3) is 2.06. The first-order valence-electron chi connectivity index (χ1n) is 5.74. The van der Waals surface area contributed by atoms with Crippen LogP contribution in [0.4, 0.5) is 11.4 Å². The highest BCUT2D eigenvalue weighted by molar-refractivity contribution is 5.88. The molecule has 5 heteroatoms. The summed E-state index contributed by atoms with van der Waals surface area (Å²) in [6, 6.07) is 10.2. The van der Waals surface area contributed by atoms with Gasteiger partial charge >= 0.3 is 0 Å². The van der Waals surface area contributed by atoms with Gasteiger partial charge in [-0.2, -0.15) is 0 Å². The first kappa shape index (κ1) is 11.4. The molecule has 0 N–H and O–H groups in total. The van der Waals surface area contributed by atoms with Gasteiger partial charge in [-0.3, -0.25) is 15.1 Å². The summed E-state index contributed by atoms with van der Waals surface area (Å²) in [5, 5.41) is 10.8. The molecule has 1 aliphatic rings. The van der Waals surface area contributed by atoms with Gasteiger partial charge in [-0.15, -0.1) is 0 Å². The molecule has 0 aliphatic carbocycles. The Hall–Kier alpha value is -2.69. The molecule has 19 heavy (non-hydrogen) atoms. The van der Waals surface area contributed by atoms with Crippen molar-refractivity contribution >= 4 is 17.6 Å². The van der Waals surface area contributed by atoms with Crippen LogP contribution in [0.25, 0.3) is 0 Å². The van der Waals surface area contributed by atoms with Crippen molar-refractivity contribution in [1.82, 2.24) is 0 Å². The van der Waals surface area contributed by atoms with Crippen LogP contribution < -0.4 is 4.74 Å². The number of fused-ring (bicyclic) bond motifs is 2. The molecular weight excluding hydrogens is 244 g/mol. The minimum Gasteiger partial charge on any atom is -0.454 e. The number of hydrogen-bond acceptors (Lipinski definition) is 4. The molecule has 2 aromatic rings. The second-order valence-electron chi connectivity index (χ2n) is 4.31. The molecule has 0 atom stereocenters. The third-order valence-electron chi connectivity index (χ3n) is 2.88. The number of nitro groups is 1. The second-order valence-corrected chi connectivity index (χ2v) is 4.31. The highest BCUT2D eigenvalue weighted by Crippen LogP contribution is 2.37. The minimum absolute atomic E-state index is 0.0240. The van der Waals surface area contributed by atoms with Crippen molar-refractivity contribution in [1.29, 1.82) is 0 Å². The number of benzene rings is 2. The van der Waals surface area contributed by atoms with Gasteiger partial charge in [-0.1, -0.05) is 6.07 Å². The predicted molar refractivity (Wildman–Crippen MR) is 71.6 cm³/mol. The molecule has 0 aromatic heterocycles. The number of hydrogen-bond donors (Lipinski definition) is 0. The van der Waals surface area contributed by atoms with E-state index in [2.05, 4.69) is 4.99 Å². The molecule has 0 spiro atoms. The van der Waals surface area contributed by atoms with Crippen LogP contribution in [0.1, 0.15) is 11.1 Å². The van der Waals surface area contributed by atoms with Gasteiger partial charge in [-0.05, 0) is 30.7 Å². The molecule has 94 valence electrons. The quantitative estimate of drug-likeness (QED) is 0.490. The van der Waals surface area contributed by atoms with Crippen molar-refractivity contribution in [3.05, 3.63) is 57.6 Å². The van der Waals surface area contributed by atoms with E-state index in [1.54, 1.807) is 12.3 Å². The first-order chi connectivity index (χ1) is 9.13. The van der Waals surface area contributed by atoms with E-state index in [0.717, 1.165) is 5.56 Å². The van der Waals surface area contributed by atoms with E-state index in [4.69, 9.17) is 4.74 Å². The molecule has 0 radical (unpaired) electrons. The molecule has 0 amide bonds. The monoisotopic (exact) mass is 254 g/mol. The van der Waals surface area contributed by atoms with E-state index < -0.39 is 4.92 Å². The Balaban J connectivity index is 2.11. The summed E-state index contributed by atoms with van der Waals surface area (Å²) in [4.78, 5) is 14.6. The van der Waals surface area contributed by atoms with Crippen LogP contribution in [0, 0.1) is 17.0 Å². The number of ether oxygens (including phenoxy) is 1. The molecule has 0 saturated carbocycles. The normalized spacial score (nSPS) is 12.1. The predicted octanol–water partition coefficient (Wildman–Crippen LogP) is 3.76. The van der Waals surface area contributed by atoms with E-state index in [0.29, 0.717) is 22.7 Å². The summed E-state index contributed by atoms with van der Waals surface area (Å²) < 4.78 is 5.77. The highest BCUT2D eigenvalue weighted by Gasteiger charge is 2.15. The van der Waals surface area contributed by atoms with Crippen molar-refractivity contribution in [2.75, 3.05) is 0 Å². The summed E-state index contributed by atoms with van der Waals surface area (Å²) >= 11 is 0. The maximum Gasteiger partial charge on any atom is 0.270 e.